The number of ether oxygens (including phenoxy) is 1. The van der Waals surface area contributed by atoms with E-state index in [4.69, 9.17) is 4.74 Å². The summed E-state index contributed by atoms with van der Waals surface area (Å²) in [5.41, 5.74) is -0.00405. The first-order valence-corrected chi connectivity index (χ1v) is 5.12. The van der Waals surface area contributed by atoms with Crippen LogP contribution in [0, 0.1) is 5.92 Å². The summed E-state index contributed by atoms with van der Waals surface area (Å²) in [7, 11) is 0. The molecule has 0 aromatic carbocycles. The Morgan fingerprint density at radius 2 is 2.00 bits per heavy atom. The highest BCUT2D eigenvalue weighted by atomic mass is 16.5. The van der Waals surface area contributed by atoms with E-state index >= 15 is 0 Å². The Morgan fingerprint density at radius 1 is 1.33 bits per heavy atom. The summed E-state index contributed by atoms with van der Waals surface area (Å²) in [5.74, 6) is 0.752. The molecule has 0 spiro atoms. The molecule has 0 aromatic heterocycles. The van der Waals surface area contributed by atoms with Gasteiger partial charge in [-0.2, -0.15) is 0 Å². The van der Waals surface area contributed by atoms with Crippen LogP contribution in [0.4, 0.5) is 0 Å². The molecule has 0 amide bonds. The first-order chi connectivity index (χ1) is 5.71. The number of nitrogens with one attached hydrogen (secondary N) is 1. The molecule has 2 atom stereocenters. The molecule has 1 aliphatic carbocycles. The van der Waals surface area contributed by atoms with Crippen molar-refractivity contribution in [1.82, 2.24) is 5.32 Å². The summed E-state index contributed by atoms with van der Waals surface area (Å²) in [4.78, 5) is 0. The highest BCUT2D eigenvalue weighted by Crippen LogP contribution is 2.36. The molecule has 70 valence electrons. The summed E-state index contributed by atoms with van der Waals surface area (Å²) >= 11 is 0. The lowest BCUT2D eigenvalue weighted by Crippen LogP contribution is -2.46. The topological polar surface area (TPSA) is 21.3 Å². The first-order valence-electron chi connectivity index (χ1n) is 5.12. The van der Waals surface area contributed by atoms with E-state index in [-0.39, 0.29) is 5.72 Å². The van der Waals surface area contributed by atoms with Gasteiger partial charge in [-0.25, -0.2) is 0 Å². The van der Waals surface area contributed by atoms with Gasteiger partial charge in [0.2, 0.25) is 0 Å². The lowest BCUT2D eigenvalue weighted by molar-refractivity contribution is -0.0408. The number of hydrogen-bond donors (Lipinski definition) is 1. The van der Waals surface area contributed by atoms with Gasteiger partial charge in [-0.05, 0) is 26.7 Å². The minimum Gasteiger partial charge on any atom is -0.359 e. The van der Waals surface area contributed by atoms with Crippen LogP contribution >= 0.6 is 0 Å². The molecule has 0 aromatic rings. The quantitative estimate of drug-likeness (QED) is 0.647. The molecule has 1 saturated carbocycles. The van der Waals surface area contributed by atoms with E-state index in [2.05, 4.69) is 19.2 Å². The zero-order chi connectivity index (χ0) is 8.60. The van der Waals surface area contributed by atoms with Crippen LogP contribution in [0.2, 0.25) is 0 Å². The fourth-order valence-electron chi connectivity index (χ4n) is 2.58. The predicted molar refractivity (Wildman–Crippen MR) is 48.9 cm³/mol. The van der Waals surface area contributed by atoms with Gasteiger partial charge in [-0.3, -0.25) is 5.32 Å². The van der Waals surface area contributed by atoms with Gasteiger partial charge in [0, 0.05) is 12.0 Å². The predicted octanol–water partition coefficient (Wildman–Crippen LogP) is 1.90. The second-order valence-corrected chi connectivity index (χ2v) is 4.44. The van der Waals surface area contributed by atoms with Crippen LogP contribution in [0.25, 0.3) is 0 Å². The summed E-state index contributed by atoms with van der Waals surface area (Å²) in [6.07, 6.45) is 5.46. The minimum atomic E-state index is -0.00405. The maximum absolute atomic E-state index is 5.83. The summed E-state index contributed by atoms with van der Waals surface area (Å²) < 4.78 is 5.83. The lowest BCUT2D eigenvalue weighted by Gasteiger charge is -2.30. The van der Waals surface area contributed by atoms with E-state index < -0.39 is 0 Å². The number of rotatable bonds is 1. The summed E-state index contributed by atoms with van der Waals surface area (Å²) in [5, 5.41) is 3.55. The second kappa shape index (κ2) is 3.00. The normalized spacial score (nSPS) is 44.0. The molecule has 1 saturated heterocycles. The van der Waals surface area contributed by atoms with Crippen molar-refractivity contribution in [2.45, 2.75) is 51.3 Å². The van der Waals surface area contributed by atoms with E-state index in [1.165, 1.54) is 25.7 Å². The Morgan fingerprint density at radius 3 is 2.50 bits per heavy atom. The largest absolute Gasteiger partial charge is 0.359 e. The Bertz CT molecular complexity index is 165. The molecule has 0 radical (unpaired) electrons. The molecule has 2 aliphatic rings. The van der Waals surface area contributed by atoms with Gasteiger partial charge in [0.1, 0.15) is 5.72 Å². The molecule has 2 unspecified atom stereocenters. The van der Waals surface area contributed by atoms with Crippen LogP contribution in [0.1, 0.15) is 39.5 Å². The van der Waals surface area contributed by atoms with Crippen molar-refractivity contribution in [3.05, 3.63) is 0 Å². The average Bonchev–Trinajstić information content (AvgIpc) is 2.59. The zero-order valence-corrected chi connectivity index (χ0v) is 8.10. The third-order valence-corrected chi connectivity index (χ3v) is 3.30. The van der Waals surface area contributed by atoms with Gasteiger partial charge in [-0.15, -0.1) is 0 Å². The molecule has 2 nitrogen and oxygen atoms in total. The van der Waals surface area contributed by atoms with Crippen molar-refractivity contribution in [3.63, 3.8) is 0 Å². The van der Waals surface area contributed by atoms with Gasteiger partial charge in [-0.1, -0.05) is 12.8 Å². The van der Waals surface area contributed by atoms with Crippen molar-refractivity contribution in [3.8, 4) is 0 Å². The summed E-state index contributed by atoms with van der Waals surface area (Å²) in [6.45, 7) is 5.29. The molecular formula is C10H19NO. The lowest BCUT2D eigenvalue weighted by atomic mass is 9.96. The van der Waals surface area contributed by atoms with Crippen molar-refractivity contribution in [2.24, 2.45) is 5.92 Å². The third-order valence-electron chi connectivity index (χ3n) is 3.30. The molecule has 2 fully saturated rings. The van der Waals surface area contributed by atoms with Crippen molar-refractivity contribution in [2.75, 3.05) is 6.61 Å². The third kappa shape index (κ3) is 1.38. The van der Waals surface area contributed by atoms with E-state index in [0.717, 1.165) is 12.5 Å². The molecular weight excluding hydrogens is 150 g/mol. The van der Waals surface area contributed by atoms with E-state index in [1.54, 1.807) is 0 Å². The Labute approximate surface area is 74.7 Å². The Balaban J connectivity index is 2.00. The van der Waals surface area contributed by atoms with Crippen LogP contribution in [0.5, 0.6) is 0 Å². The van der Waals surface area contributed by atoms with E-state index in [1.807, 2.05) is 0 Å². The van der Waals surface area contributed by atoms with E-state index in [0.29, 0.717) is 6.04 Å². The molecule has 1 heterocycles. The average molecular weight is 169 g/mol. The Hall–Kier alpha value is -0.0800. The number of hydrogen-bond acceptors (Lipinski definition) is 2. The standard InChI is InChI=1S/C10H19NO/c1-8-7-12-10(2,11-8)9-5-3-4-6-9/h8-9,11H,3-7H2,1-2H3. The van der Waals surface area contributed by atoms with Crippen molar-refractivity contribution in [1.29, 1.82) is 0 Å². The van der Waals surface area contributed by atoms with Gasteiger partial charge in [0.15, 0.2) is 0 Å². The fourth-order valence-corrected chi connectivity index (χ4v) is 2.58. The molecule has 12 heavy (non-hydrogen) atoms. The van der Waals surface area contributed by atoms with E-state index in [9.17, 15) is 0 Å². The van der Waals surface area contributed by atoms with Crippen LogP contribution in [0.3, 0.4) is 0 Å². The highest BCUT2D eigenvalue weighted by Gasteiger charge is 2.41. The molecule has 1 aliphatic heterocycles. The van der Waals surface area contributed by atoms with Crippen LogP contribution in [0.15, 0.2) is 0 Å². The van der Waals surface area contributed by atoms with Crippen molar-refractivity contribution >= 4 is 0 Å². The fraction of sp³-hybridized carbons (Fsp3) is 1.00. The maximum Gasteiger partial charge on any atom is 0.119 e. The van der Waals surface area contributed by atoms with Crippen LogP contribution < -0.4 is 5.32 Å². The minimum absolute atomic E-state index is 0.00405. The zero-order valence-electron chi connectivity index (χ0n) is 8.10. The monoisotopic (exact) mass is 169 g/mol. The van der Waals surface area contributed by atoms with Crippen LogP contribution in [-0.2, 0) is 4.74 Å². The maximum atomic E-state index is 5.83. The van der Waals surface area contributed by atoms with Gasteiger partial charge < -0.3 is 4.74 Å². The molecule has 2 heteroatoms. The highest BCUT2D eigenvalue weighted by molar-refractivity contribution is 4.91. The smallest absolute Gasteiger partial charge is 0.119 e. The SMILES string of the molecule is CC1COC(C)(C2CCCC2)N1. The van der Waals surface area contributed by atoms with Gasteiger partial charge in [0.05, 0.1) is 6.61 Å². The molecule has 0 bridgehead atoms. The molecule has 1 N–H and O–H groups in total. The summed E-state index contributed by atoms with van der Waals surface area (Å²) in [6, 6.07) is 0.538. The van der Waals surface area contributed by atoms with Crippen molar-refractivity contribution < 1.29 is 4.74 Å². The van der Waals surface area contributed by atoms with Gasteiger partial charge in [0.25, 0.3) is 0 Å². The molecule has 2 rings (SSSR count). The van der Waals surface area contributed by atoms with Gasteiger partial charge >= 0.3 is 0 Å². The first kappa shape index (κ1) is 8.52. The Kier molecular flexibility index (Phi) is 2.13. The van der Waals surface area contributed by atoms with Crippen LogP contribution in [-0.4, -0.2) is 18.4 Å². The second-order valence-electron chi connectivity index (χ2n) is 4.44.